The van der Waals surface area contributed by atoms with Crippen molar-refractivity contribution in [2.75, 3.05) is 13.7 Å². The molecule has 0 aromatic heterocycles. The maximum atomic E-state index is 13.9. The average Bonchev–Trinajstić information content (AvgIpc) is 3.31. The van der Waals surface area contributed by atoms with Gasteiger partial charge in [-0.1, -0.05) is 6.92 Å². The standard InChI is InChI=1S/C15H19F3N2O4/c1-4-7-20-8(2)10(12(22)24-3)14(13(20)23,15(16,17)18)19-11(21)9-5-6-9/h9H,4-7H2,1-3H3,(H,19,21)/t14-/m1/s1. The fourth-order valence-electron chi connectivity index (χ4n) is 2.85. The van der Waals surface area contributed by atoms with Crippen LogP contribution in [0.1, 0.15) is 33.1 Å². The van der Waals surface area contributed by atoms with Crippen LogP contribution in [0.4, 0.5) is 13.2 Å². The quantitative estimate of drug-likeness (QED) is 0.764. The van der Waals surface area contributed by atoms with E-state index in [1.54, 1.807) is 6.92 Å². The molecule has 2 amide bonds. The minimum absolute atomic E-state index is 0.00227. The van der Waals surface area contributed by atoms with Crippen molar-refractivity contribution in [3.8, 4) is 0 Å². The number of rotatable bonds is 5. The van der Waals surface area contributed by atoms with Gasteiger partial charge in [0.1, 0.15) is 5.57 Å². The molecule has 134 valence electrons. The smallest absolute Gasteiger partial charge is 0.425 e. The third kappa shape index (κ3) is 2.65. The molecular weight excluding hydrogens is 329 g/mol. The van der Waals surface area contributed by atoms with Crippen LogP contribution in [-0.4, -0.2) is 48.1 Å². The van der Waals surface area contributed by atoms with E-state index in [2.05, 4.69) is 4.74 Å². The summed E-state index contributed by atoms with van der Waals surface area (Å²) in [6.45, 7) is 2.94. The fraction of sp³-hybridized carbons (Fsp3) is 0.667. The van der Waals surface area contributed by atoms with Gasteiger partial charge in [0.25, 0.3) is 5.91 Å². The highest BCUT2D eigenvalue weighted by Crippen LogP contribution is 2.46. The second-order valence-electron chi connectivity index (χ2n) is 5.92. The van der Waals surface area contributed by atoms with Crippen LogP contribution < -0.4 is 5.32 Å². The molecule has 0 unspecified atom stereocenters. The molecule has 24 heavy (non-hydrogen) atoms. The highest BCUT2D eigenvalue weighted by Gasteiger charge is 2.71. The van der Waals surface area contributed by atoms with Crippen molar-refractivity contribution >= 4 is 17.8 Å². The molecule has 1 saturated carbocycles. The van der Waals surface area contributed by atoms with Gasteiger partial charge in [-0.2, -0.15) is 13.2 Å². The number of nitrogens with one attached hydrogen (secondary N) is 1. The summed E-state index contributed by atoms with van der Waals surface area (Å²) in [6, 6.07) is 0. The summed E-state index contributed by atoms with van der Waals surface area (Å²) in [5, 5.41) is 1.81. The Labute approximate surface area is 137 Å². The Bertz CT molecular complexity index is 610. The first-order valence-electron chi connectivity index (χ1n) is 7.62. The molecule has 0 saturated heterocycles. The SMILES string of the molecule is CCCN1C(=O)[C@@](NC(=O)C2CC2)(C(F)(F)F)C(C(=O)OC)=C1C. The molecule has 0 radical (unpaired) electrons. The van der Waals surface area contributed by atoms with E-state index in [-0.39, 0.29) is 12.2 Å². The Morgan fingerprint density at radius 2 is 1.96 bits per heavy atom. The Morgan fingerprint density at radius 3 is 2.38 bits per heavy atom. The number of ether oxygens (including phenoxy) is 1. The van der Waals surface area contributed by atoms with Crippen molar-refractivity contribution in [1.82, 2.24) is 10.2 Å². The number of amides is 2. The maximum Gasteiger partial charge on any atom is 0.425 e. The van der Waals surface area contributed by atoms with E-state index in [1.807, 2.05) is 5.32 Å². The molecule has 0 bridgehead atoms. The fourth-order valence-corrected chi connectivity index (χ4v) is 2.85. The Balaban J connectivity index is 2.61. The molecule has 0 aromatic rings. The lowest BCUT2D eigenvalue weighted by Crippen LogP contribution is -2.66. The molecule has 1 fully saturated rings. The molecule has 1 aliphatic carbocycles. The van der Waals surface area contributed by atoms with Crippen molar-refractivity contribution < 1.29 is 32.3 Å². The van der Waals surface area contributed by atoms with Gasteiger partial charge in [0.05, 0.1) is 7.11 Å². The zero-order valence-electron chi connectivity index (χ0n) is 13.6. The van der Waals surface area contributed by atoms with Gasteiger partial charge >= 0.3 is 12.1 Å². The van der Waals surface area contributed by atoms with Gasteiger partial charge in [0.2, 0.25) is 11.4 Å². The second-order valence-corrected chi connectivity index (χ2v) is 5.92. The molecule has 0 aromatic carbocycles. The minimum Gasteiger partial charge on any atom is -0.466 e. The van der Waals surface area contributed by atoms with Crippen LogP contribution >= 0.6 is 0 Å². The monoisotopic (exact) mass is 348 g/mol. The summed E-state index contributed by atoms with van der Waals surface area (Å²) >= 11 is 0. The number of carbonyl (C=O) groups excluding carboxylic acids is 3. The molecule has 9 heteroatoms. The van der Waals surface area contributed by atoms with Crippen LogP contribution in [0.5, 0.6) is 0 Å². The lowest BCUT2D eigenvalue weighted by atomic mass is 9.89. The summed E-state index contributed by atoms with van der Waals surface area (Å²) in [6.07, 6.45) is -3.87. The lowest BCUT2D eigenvalue weighted by Gasteiger charge is -2.33. The molecule has 1 heterocycles. The molecule has 1 N–H and O–H groups in total. The zero-order chi connectivity index (χ0) is 18.3. The Kier molecular flexibility index (Phi) is 4.65. The van der Waals surface area contributed by atoms with Crippen LogP contribution in [-0.2, 0) is 19.1 Å². The highest BCUT2D eigenvalue weighted by atomic mass is 19.4. The summed E-state index contributed by atoms with van der Waals surface area (Å²) in [7, 11) is 0.930. The number of nitrogens with zero attached hydrogens (tertiary/aromatic N) is 1. The van der Waals surface area contributed by atoms with E-state index < -0.39 is 41.0 Å². The van der Waals surface area contributed by atoms with Crippen molar-refractivity contribution in [1.29, 1.82) is 0 Å². The molecule has 1 atom stereocenters. The van der Waals surface area contributed by atoms with E-state index in [0.717, 1.165) is 12.0 Å². The van der Waals surface area contributed by atoms with E-state index in [4.69, 9.17) is 0 Å². The number of methoxy groups -OCH3 is 1. The Morgan fingerprint density at radius 1 is 1.38 bits per heavy atom. The largest absolute Gasteiger partial charge is 0.466 e. The summed E-state index contributed by atoms with van der Waals surface area (Å²) < 4.78 is 46.3. The summed E-state index contributed by atoms with van der Waals surface area (Å²) in [4.78, 5) is 37.6. The van der Waals surface area contributed by atoms with Gasteiger partial charge in [0.15, 0.2) is 0 Å². The van der Waals surface area contributed by atoms with Crippen LogP contribution in [0.2, 0.25) is 0 Å². The zero-order valence-corrected chi connectivity index (χ0v) is 13.6. The topological polar surface area (TPSA) is 75.7 Å². The number of allylic oxidation sites excluding steroid dienone is 1. The Hall–Kier alpha value is -2.06. The van der Waals surface area contributed by atoms with Crippen molar-refractivity contribution in [3.05, 3.63) is 11.3 Å². The highest BCUT2D eigenvalue weighted by molar-refractivity contribution is 6.10. The van der Waals surface area contributed by atoms with Crippen molar-refractivity contribution in [2.45, 2.75) is 44.8 Å². The van der Waals surface area contributed by atoms with E-state index >= 15 is 0 Å². The predicted molar refractivity (Wildman–Crippen MR) is 76.4 cm³/mol. The third-order valence-corrected chi connectivity index (χ3v) is 4.23. The summed E-state index contributed by atoms with van der Waals surface area (Å²) in [5.41, 5.74) is -4.41. The van der Waals surface area contributed by atoms with Crippen molar-refractivity contribution in [3.63, 3.8) is 0 Å². The normalized spacial score (nSPS) is 24.4. The number of hydrogen-bond acceptors (Lipinski definition) is 4. The van der Waals surface area contributed by atoms with E-state index in [9.17, 15) is 27.6 Å². The molecule has 0 spiro atoms. The van der Waals surface area contributed by atoms with Gasteiger partial charge in [-0.25, -0.2) is 4.79 Å². The van der Waals surface area contributed by atoms with Gasteiger partial charge in [-0.05, 0) is 26.2 Å². The first kappa shape index (κ1) is 18.3. The first-order chi connectivity index (χ1) is 11.1. The molecular formula is C15H19F3N2O4. The number of hydrogen-bond donors (Lipinski definition) is 1. The summed E-state index contributed by atoms with van der Waals surface area (Å²) in [5.74, 6) is -4.10. The second kappa shape index (κ2) is 6.10. The number of esters is 1. The van der Waals surface area contributed by atoms with E-state index in [1.165, 1.54) is 6.92 Å². The number of carbonyl (C=O) groups is 3. The lowest BCUT2D eigenvalue weighted by molar-refractivity contribution is -0.196. The minimum atomic E-state index is -5.18. The maximum absolute atomic E-state index is 13.9. The number of halogens is 3. The number of alkyl halides is 3. The van der Waals surface area contributed by atoms with Gasteiger partial charge in [-0.3, -0.25) is 9.59 Å². The molecule has 2 aliphatic rings. The predicted octanol–water partition coefficient (Wildman–Crippen LogP) is 1.51. The van der Waals surface area contributed by atoms with Crippen LogP contribution in [0.15, 0.2) is 11.3 Å². The van der Waals surface area contributed by atoms with Crippen LogP contribution in [0.25, 0.3) is 0 Å². The average molecular weight is 348 g/mol. The van der Waals surface area contributed by atoms with E-state index in [0.29, 0.717) is 19.3 Å². The van der Waals surface area contributed by atoms with Gasteiger partial charge < -0.3 is 15.0 Å². The van der Waals surface area contributed by atoms with Gasteiger partial charge in [0, 0.05) is 18.2 Å². The third-order valence-electron chi connectivity index (χ3n) is 4.23. The molecule has 2 rings (SSSR count). The van der Waals surface area contributed by atoms with Crippen LogP contribution in [0.3, 0.4) is 0 Å². The molecule has 1 aliphatic heterocycles. The van der Waals surface area contributed by atoms with Crippen molar-refractivity contribution in [2.24, 2.45) is 5.92 Å². The van der Waals surface area contributed by atoms with Crippen LogP contribution in [0, 0.1) is 5.92 Å². The van der Waals surface area contributed by atoms with Gasteiger partial charge in [-0.15, -0.1) is 0 Å². The molecule has 6 nitrogen and oxygen atoms in total. The first-order valence-corrected chi connectivity index (χ1v) is 7.62.